The minimum absolute atomic E-state index is 0.0416. The molecule has 1 saturated heterocycles. The Bertz CT molecular complexity index is 727. The molecule has 6 nitrogen and oxygen atoms in total. The molecule has 1 aliphatic heterocycles. The van der Waals surface area contributed by atoms with E-state index >= 15 is 0 Å². The fourth-order valence-corrected chi connectivity index (χ4v) is 2.81. The molecule has 0 radical (unpaired) electrons. The van der Waals surface area contributed by atoms with Crippen LogP contribution in [0.5, 0.6) is 0 Å². The van der Waals surface area contributed by atoms with Gasteiger partial charge in [-0.1, -0.05) is 18.2 Å². The zero-order chi connectivity index (χ0) is 17.1. The SMILES string of the molecule is Cc1cc(C)nc(N2CCN(C(=O)c3ccccc3C)CCO2)n1. The molecular weight excluding hydrogens is 304 g/mol. The predicted octanol–water partition coefficient (Wildman–Crippen LogP) is 2.30. The van der Waals surface area contributed by atoms with Crippen molar-refractivity contribution >= 4 is 11.9 Å². The van der Waals surface area contributed by atoms with E-state index < -0.39 is 0 Å². The zero-order valence-electron chi connectivity index (χ0n) is 14.3. The molecule has 0 spiro atoms. The smallest absolute Gasteiger partial charge is 0.254 e. The monoisotopic (exact) mass is 326 g/mol. The molecule has 126 valence electrons. The number of benzene rings is 1. The van der Waals surface area contributed by atoms with Crippen LogP contribution in [0.1, 0.15) is 27.3 Å². The number of carbonyl (C=O) groups is 1. The summed E-state index contributed by atoms with van der Waals surface area (Å²) in [5.41, 5.74) is 3.53. The average Bonchev–Trinajstić information content (AvgIpc) is 2.80. The summed E-state index contributed by atoms with van der Waals surface area (Å²) in [6, 6.07) is 9.59. The molecule has 0 saturated carbocycles. The molecule has 0 bridgehead atoms. The minimum Gasteiger partial charge on any atom is -0.334 e. The molecule has 1 amide bonds. The van der Waals surface area contributed by atoms with Gasteiger partial charge in [-0.15, -0.1) is 0 Å². The van der Waals surface area contributed by atoms with Gasteiger partial charge in [-0.25, -0.2) is 15.0 Å². The second-order valence-corrected chi connectivity index (χ2v) is 5.99. The number of amides is 1. The molecule has 0 atom stereocenters. The van der Waals surface area contributed by atoms with Crippen molar-refractivity contribution in [3.8, 4) is 0 Å². The van der Waals surface area contributed by atoms with E-state index in [4.69, 9.17) is 4.84 Å². The number of hydroxylamine groups is 1. The van der Waals surface area contributed by atoms with Gasteiger partial charge in [0.15, 0.2) is 0 Å². The molecule has 1 aromatic carbocycles. The molecule has 2 heterocycles. The van der Waals surface area contributed by atoms with E-state index in [0.29, 0.717) is 32.2 Å². The number of hydrogen-bond donors (Lipinski definition) is 0. The second-order valence-electron chi connectivity index (χ2n) is 5.99. The molecule has 3 rings (SSSR count). The number of nitrogens with zero attached hydrogens (tertiary/aromatic N) is 4. The molecule has 1 aromatic heterocycles. The van der Waals surface area contributed by atoms with Gasteiger partial charge < -0.3 is 4.90 Å². The summed E-state index contributed by atoms with van der Waals surface area (Å²) in [5, 5.41) is 1.69. The summed E-state index contributed by atoms with van der Waals surface area (Å²) in [4.78, 5) is 29.2. The van der Waals surface area contributed by atoms with Crippen molar-refractivity contribution < 1.29 is 9.63 Å². The number of anilines is 1. The van der Waals surface area contributed by atoms with E-state index in [0.717, 1.165) is 22.5 Å². The van der Waals surface area contributed by atoms with Gasteiger partial charge in [-0.05, 0) is 38.5 Å². The Morgan fingerprint density at radius 1 is 1.04 bits per heavy atom. The molecule has 24 heavy (non-hydrogen) atoms. The Labute approximate surface area is 142 Å². The number of carbonyl (C=O) groups excluding carboxylic acids is 1. The molecule has 0 N–H and O–H groups in total. The lowest BCUT2D eigenvalue weighted by Gasteiger charge is -2.21. The van der Waals surface area contributed by atoms with Crippen LogP contribution in [-0.4, -0.2) is 47.0 Å². The Hall–Kier alpha value is -2.47. The summed E-state index contributed by atoms with van der Waals surface area (Å²) < 4.78 is 0. The maximum atomic E-state index is 12.7. The summed E-state index contributed by atoms with van der Waals surface area (Å²) in [7, 11) is 0. The fourth-order valence-electron chi connectivity index (χ4n) is 2.81. The highest BCUT2D eigenvalue weighted by molar-refractivity contribution is 5.95. The van der Waals surface area contributed by atoms with Crippen molar-refractivity contribution in [2.45, 2.75) is 20.8 Å². The van der Waals surface area contributed by atoms with Crippen LogP contribution in [0.15, 0.2) is 30.3 Å². The Morgan fingerprint density at radius 3 is 2.46 bits per heavy atom. The zero-order valence-corrected chi connectivity index (χ0v) is 14.3. The highest BCUT2D eigenvalue weighted by Gasteiger charge is 2.23. The first kappa shape index (κ1) is 16.4. The quantitative estimate of drug-likeness (QED) is 0.847. The van der Waals surface area contributed by atoms with Crippen molar-refractivity contribution in [2.75, 3.05) is 31.3 Å². The van der Waals surface area contributed by atoms with Crippen LogP contribution in [0, 0.1) is 20.8 Å². The first-order valence-electron chi connectivity index (χ1n) is 8.12. The first-order valence-corrected chi connectivity index (χ1v) is 8.12. The van der Waals surface area contributed by atoms with Crippen LogP contribution in [0.3, 0.4) is 0 Å². The Balaban J connectivity index is 1.73. The summed E-state index contributed by atoms with van der Waals surface area (Å²) >= 11 is 0. The lowest BCUT2D eigenvalue weighted by molar-refractivity contribution is 0.0728. The largest absolute Gasteiger partial charge is 0.334 e. The lowest BCUT2D eigenvalue weighted by atomic mass is 10.1. The van der Waals surface area contributed by atoms with Gasteiger partial charge in [0.1, 0.15) is 0 Å². The highest BCUT2D eigenvalue weighted by Crippen LogP contribution is 2.15. The molecule has 1 aliphatic rings. The van der Waals surface area contributed by atoms with E-state index in [-0.39, 0.29) is 5.91 Å². The Kier molecular flexibility index (Phi) is 4.76. The van der Waals surface area contributed by atoms with Crippen molar-refractivity contribution in [3.05, 3.63) is 52.8 Å². The molecule has 0 unspecified atom stereocenters. The number of hydrogen-bond acceptors (Lipinski definition) is 5. The van der Waals surface area contributed by atoms with Crippen LogP contribution < -0.4 is 5.06 Å². The number of rotatable bonds is 2. The van der Waals surface area contributed by atoms with Crippen molar-refractivity contribution in [3.63, 3.8) is 0 Å². The molecule has 1 fully saturated rings. The highest BCUT2D eigenvalue weighted by atomic mass is 16.7. The first-order chi connectivity index (χ1) is 11.5. The summed E-state index contributed by atoms with van der Waals surface area (Å²) in [5.74, 6) is 0.595. The Morgan fingerprint density at radius 2 is 1.75 bits per heavy atom. The maximum absolute atomic E-state index is 12.7. The van der Waals surface area contributed by atoms with Gasteiger partial charge in [0.05, 0.1) is 13.2 Å². The van der Waals surface area contributed by atoms with Crippen molar-refractivity contribution in [1.29, 1.82) is 0 Å². The van der Waals surface area contributed by atoms with Gasteiger partial charge in [0.2, 0.25) is 5.95 Å². The van der Waals surface area contributed by atoms with Crippen LogP contribution in [0.2, 0.25) is 0 Å². The van der Waals surface area contributed by atoms with Gasteiger partial charge in [0, 0.05) is 30.0 Å². The fraction of sp³-hybridized carbons (Fsp3) is 0.389. The standard InChI is InChI=1S/C18H22N4O2/c1-13-6-4-5-7-16(13)17(23)21-8-9-22(24-11-10-21)18-19-14(2)12-15(3)20-18/h4-7,12H,8-11H2,1-3H3. The van der Waals surface area contributed by atoms with E-state index in [9.17, 15) is 4.79 Å². The normalized spacial score (nSPS) is 15.3. The van der Waals surface area contributed by atoms with E-state index in [1.807, 2.05) is 56.0 Å². The third-order valence-electron chi connectivity index (χ3n) is 4.04. The van der Waals surface area contributed by atoms with Crippen LogP contribution in [0.25, 0.3) is 0 Å². The van der Waals surface area contributed by atoms with E-state index in [1.54, 1.807) is 5.06 Å². The third kappa shape index (κ3) is 3.54. The van der Waals surface area contributed by atoms with Gasteiger partial charge in [0.25, 0.3) is 5.91 Å². The predicted molar refractivity (Wildman–Crippen MR) is 91.9 cm³/mol. The van der Waals surface area contributed by atoms with Crippen LogP contribution >= 0.6 is 0 Å². The van der Waals surface area contributed by atoms with Crippen molar-refractivity contribution in [1.82, 2.24) is 14.9 Å². The van der Waals surface area contributed by atoms with Gasteiger partial charge in [-0.3, -0.25) is 9.63 Å². The topological polar surface area (TPSA) is 58.6 Å². The molecule has 2 aromatic rings. The second kappa shape index (κ2) is 6.97. The van der Waals surface area contributed by atoms with Crippen molar-refractivity contribution in [2.24, 2.45) is 0 Å². The number of aryl methyl sites for hydroxylation is 3. The molecular formula is C18H22N4O2. The summed E-state index contributed by atoms with van der Waals surface area (Å²) in [6.45, 7) is 7.91. The lowest BCUT2D eigenvalue weighted by Crippen LogP contribution is -2.36. The molecule has 6 heteroatoms. The third-order valence-corrected chi connectivity index (χ3v) is 4.04. The van der Waals surface area contributed by atoms with E-state index in [1.165, 1.54) is 0 Å². The molecule has 0 aliphatic carbocycles. The maximum Gasteiger partial charge on any atom is 0.254 e. The van der Waals surface area contributed by atoms with Gasteiger partial charge in [-0.2, -0.15) is 0 Å². The van der Waals surface area contributed by atoms with Crippen LogP contribution in [-0.2, 0) is 4.84 Å². The van der Waals surface area contributed by atoms with Crippen LogP contribution in [0.4, 0.5) is 5.95 Å². The minimum atomic E-state index is 0.0416. The summed E-state index contributed by atoms with van der Waals surface area (Å²) in [6.07, 6.45) is 0. The van der Waals surface area contributed by atoms with E-state index in [2.05, 4.69) is 9.97 Å². The number of aromatic nitrogens is 2. The average molecular weight is 326 g/mol. The van der Waals surface area contributed by atoms with Gasteiger partial charge >= 0.3 is 0 Å².